The van der Waals surface area contributed by atoms with Gasteiger partial charge in [0.1, 0.15) is 5.82 Å². The Labute approximate surface area is 182 Å². The van der Waals surface area contributed by atoms with E-state index in [0.29, 0.717) is 0 Å². The number of nitrogens with one attached hydrogen (secondary N) is 2. The molecule has 0 saturated heterocycles. The molecule has 150 valence electrons. The lowest BCUT2D eigenvalue weighted by atomic mass is 10.1. The predicted octanol–water partition coefficient (Wildman–Crippen LogP) is 3.68. The Balaban J connectivity index is 0.00000364. The molecule has 0 amide bonds. The Hall–Kier alpha value is -1.29. The first-order valence-corrected chi connectivity index (χ1v) is 9.81. The van der Waals surface area contributed by atoms with Gasteiger partial charge in [0.15, 0.2) is 5.96 Å². The molecular formula is C19H29FIN5S. The van der Waals surface area contributed by atoms with Gasteiger partial charge in [-0.15, -0.1) is 35.7 Å². The van der Waals surface area contributed by atoms with Crippen molar-refractivity contribution >= 4 is 41.7 Å². The number of rotatable bonds is 8. The molecule has 0 aliphatic rings. The number of thioether (sulfide) groups is 1. The van der Waals surface area contributed by atoms with Gasteiger partial charge in [-0.2, -0.15) is 5.10 Å². The molecule has 0 atom stereocenters. The van der Waals surface area contributed by atoms with Crippen LogP contribution in [0.3, 0.4) is 0 Å². The minimum absolute atomic E-state index is 0. The lowest BCUT2D eigenvalue weighted by Gasteiger charge is -2.12. The minimum atomic E-state index is -0.192. The van der Waals surface area contributed by atoms with E-state index in [9.17, 15) is 4.39 Å². The molecule has 0 bridgehead atoms. The van der Waals surface area contributed by atoms with Gasteiger partial charge >= 0.3 is 0 Å². The number of nitrogens with zero attached hydrogens (tertiary/aromatic N) is 3. The topological polar surface area (TPSA) is 54.2 Å². The summed E-state index contributed by atoms with van der Waals surface area (Å²) in [7, 11) is 3.76. The van der Waals surface area contributed by atoms with Gasteiger partial charge in [0, 0.05) is 37.8 Å². The third-order valence-corrected chi connectivity index (χ3v) is 5.34. The van der Waals surface area contributed by atoms with Crippen molar-refractivity contribution in [2.45, 2.75) is 31.6 Å². The van der Waals surface area contributed by atoms with E-state index in [0.717, 1.165) is 48.2 Å². The highest BCUT2D eigenvalue weighted by molar-refractivity contribution is 14.0. The van der Waals surface area contributed by atoms with Crippen LogP contribution in [-0.4, -0.2) is 41.6 Å². The lowest BCUT2D eigenvalue weighted by Crippen LogP contribution is -2.38. The van der Waals surface area contributed by atoms with Crippen molar-refractivity contribution in [1.82, 2.24) is 20.4 Å². The van der Waals surface area contributed by atoms with Gasteiger partial charge in [0.05, 0.1) is 5.69 Å². The second kappa shape index (κ2) is 12.2. The third kappa shape index (κ3) is 7.69. The molecule has 0 aliphatic carbocycles. The van der Waals surface area contributed by atoms with E-state index in [-0.39, 0.29) is 29.8 Å². The van der Waals surface area contributed by atoms with Crippen molar-refractivity contribution in [1.29, 1.82) is 0 Å². The van der Waals surface area contributed by atoms with Gasteiger partial charge in [0.25, 0.3) is 0 Å². The molecule has 8 heteroatoms. The average Bonchev–Trinajstić information content (AvgIpc) is 2.87. The van der Waals surface area contributed by atoms with Crippen LogP contribution in [0.1, 0.15) is 23.4 Å². The van der Waals surface area contributed by atoms with Crippen molar-refractivity contribution in [2.75, 3.05) is 25.9 Å². The van der Waals surface area contributed by atoms with Crippen LogP contribution >= 0.6 is 35.7 Å². The molecule has 27 heavy (non-hydrogen) atoms. The average molecular weight is 505 g/mol. The van der Waals surface area contributed by atoms with E-state index in [1.54, 1.807) is 18.8 Å². The van der Waals surface area contributed by atoms with Crippen LogP contribution in [0.2, 0.25) is 0 Å². The number of hydrogen-bond donors (Lipinski definition) is 2. The van der Waals surface area contributed by atoms with E-state index in [1.807, 2.05) is 30.8 Å². The Morgan fingerprint density at radius 2 is 1.85 bits per heavy atom. The van der Waals surface area contributed by atoms with Crippen molar-refractivity contribution < 1.29 is 4.39 Å². The van der Waals surface area contributed by atoms with Crippen LogP contribution in [-0.2, 0) is 13.5 Å². The van der Waals surface area contributed by atoms with Gasteiger partial charge in [-0.05, 0) is 62.3 Å². The lowest BCUT2D eigenvalue weighted by molar-refractivity contribution is 0.626. The summed E-state index contributed by atoms with van der Waals surface area (Å²) in [6.45, 7) is 5.81. The molecule has 0 fully saturated rings. The van der Waals surface area contributed by atoms with Gasteiger partial charge in [-0.25, -0.2) is 4.39 Å². The molecular weight excluding hydrogens is 476 g/mol. The standard InChI is InChI=1S/C19H28FN5S.HI/c1-14-18(15(2)25(4)24-14)10-12-23-19(21-3)22-11-5-13-26-17-8-6-16(20)7-9-17;/h6-9H,5,10-13H2,1-4H3,(H2,21,22,23);1H. The van der Waals surface area contributed by atoms with E-state index in [4.69, 9.17) is 0 Å². The number of hydrogen-bond acceptors (Lipinski definition) is 3. The number of aliphatic imine (C=N–C) groups is 1. The first-order valence-electron chi connectivity index (χ1n) is 8.83. The van der Waals surface area contributed by atoms with E-state index in [1.165, 1.54) is 23.4 Å². The van der Waals surface area contributed by atoms with Gasteiger partial charge in [0.2, 0.25) is 0 Å². The molecule has 2 aromatic rings. The molecule has 0 unspecified atom stereocenters. The third-order valence-electron chi connectivity index (χ3n) is 4.25. The zero-order valence-electron chi connectivity index (χ0n) is 16.4. The SMILES string of the molecule is CN=C(NCCCSc1ccc(F)cc1)NCCc1c(C)nn(C)c1C.I. The molecule has 0 radical (unpaired) electrons. The molecule has 1 heterocycles. The maximum absolute atomic E-state index is 12.9. The Bertz CT molecular complexity index is 730. The van der Waals surface area contributed by atoms with Crippen LogP contribution in [0.5, 0.6) is 0 Å². The normalized spacial score (nSPS) is 11.2. The van der Waals surface area contributed by atoms with Crippen LogP contribution in [0.4, 0.5) is 4.39 Å². The largest absolute Gasteiger partial charge is 0.356 e. The molecule has 5 nitrogen and oxygen atoms in total. The first-order chi connectivity index (χ1) is 12.5. The van der Waals surface area contributed by atoms with Crippen molar-refractivity contribution in [3.8, 4) is 0 Å². The van der Waals surface area contributed by atoms with Gasteiger partial charge in [-0.1, -0.05) is 0 Å². The van der Waals surface area contributed by atoms with Crippen molar-refractivity contribution in [3.05, 3.63) is 47.0 Å². The number of benzene rings is 1. The smallest absolute Gasteiger partial charge is 0.190 e. The second-order valence-electron chi connectivity index (χ2n) is 6.10. The fourth-order valence-corrected chi connectivity index (χ4v) is 3.56. The highest BCUT2D eigenvalue weighted by Crippen LogP contribution is 2.18. The fraction of sp³-hybridized carbons (Fsp3) is 0.474. The van der Waals surface area contributed by atoms with Crippen LogP contribution < -0.4 is 10.6 Å². The zero-order valence-corrected chi connectivity index (χ0v) is 19.5. The van der Waals surface area contributed by atoms with Gasteiger partial charge < -0.3 is 10.6 Å². The van der Waals surface area contributed by atoms with E-state index in [2.05, 4.69) is 27.6 Å². The summed E-state index contributed by atoms with van der Waals surface area (Å²) < 4.78 is 14.8. The molecule has 1 aromatic heterocycles. The van der Waals surface area contributed by atoms with Crippen molar-refractivity contribution in [3.63, 3.8) is 0 Å². The number of aromatic nitrogens is 2. The summed E-state index contributed by atoms with van der Waals surface area (Å²) in [5.74, 6) is 1.60. The highest BCUT2D eigenvalue weighted by Gasteiger charge is 2.09. The second-order valence-corrected chi connectivity index (χ2v) is 7.27. The molecule has 1 aromatic carbocycles. The quantitative estimate of drug-likeness (QED) is 0.189. The number of guanidine groups is 1. The maximum Gasteiger partial charge on any atom is 0.190 e. The van der Waals surface area contributed by atoms with Crippen LogP contribution in [0, 0.1) is 19.7 Å². The Kier molecular flexibility index (Phi) is 10.8. The molecule has 0 saturated carbocycles. The summed E-state index contributed by atoms with van der Waals surface area (Å²) in [4.78, 5) is 5.35. The van der Waals surface area contributed by atoms with E-state index < -0.39 is 0 Å². The molecule has 2 rings (SSSR count). The summed E-state index contributed by atoms with van der Waals surface area (Å²) in [5, 5.41) is 11.1. The predicted molar refractivity (Wildman–Crippen MR) is 123 cm³/mol. The van der Waals surface area contributed by atoms with Crippen LogP contribution in [0.15, 0.2) is 34.2 Å². The molecule has 0 spiro atoms. The first kappa shape index (κ1) is 23.7. The Morgan fingerprint density at radius 1 is 1.19 bits per heavy atom. The zero-order chi connectivity index (χ0) is 18.9. The number of aryl methyl sites for hydroxylation is 2. The molecule has 2 N–H and O–H groups in total. The number of halogens is 2. The summed E-state index contributed by atoms with van der Waals surface area (Å²) in [6.07, 6.45) is 1.93. The monoisotopic (exact) mass is 505 g/mol. The van der Waals surface area contributed by atoms with Gasteiger partial charge in [-0.3, -0.25) is 9.67 Å². The summed E-state index contributed by atoms with van der Waals surface area (Å²) in [6, 6.07) is 6.63. The summed E-state index contributed by atoms with van der Waals surface area (Å²) in [5.41, 5.74) is 3.60. The van der Waals surface area contributed by atoms with E-state index >= 15 is 0 Å². The summed E-state index contributed by atoms with van der Waals surface area (Å²) >= 11 is 1.73. The molecule has 0 aliphatic heterocycles. The Morgan fingerprint density at radius 3 is 2.44 bits per heavy atom. The maximum atomic E-state index is 12.9. The highest BCUT2D eigenvalue weighted by atomic mass is 127. The van der Waals surface area contributed by atoms with Crippen LogP contribution in [0.25, 0.3) is 0 Å². The fourth-order valence-electron chi connectivity index (χ4n) is 2.71. The van der Waals surface area contributed by atoms with Crippen molar-refractivity contribution in [2.24, 2.45) is 12.0 Å². The minimum Gasteiger partial charge on any atom is -0.356 e.